The third-order valence-electron chi connectivity index (χ3n) is 7.64. The highest BCUT2D eigenvalue weighted by molar-refractivity contribution is 5.89. The van der Waals surface area contributed by atoms with Gasteiger partial charge in [0.25, 0.3) is 0 Å². The largest absolute Gasteiger partial charge is 0.463 e. The molecule has 51 heavy (non-hydrogen) atoms. The minimum atomic E-state index is -1.60. The van der Waals surface area contributed by atoms with Crippen molar-refractivity contribution in [2.75, 3.05) is 20.3 Å². The van der Waals surface area contributed by atoms with Gasteiger partial charge in [0.15, 0.2) is 37.0 Å². The van der Waals surface area contributed by atoms with Gasteiger partial charge in [-0.25, -0.2) is 9.59 Å². The van der Waals surface area contributed by atoms with Gasteiger partial charge >= 0.3 is 35.8 Å². The Morgan fingerprint density at radius 1 is 0.569 bits per heavy atom. The molecule has 2 aromatic carbocycles. The van der Waals surface area contributed by atoms with Crippen molar-refractivity contribution in [2.24, 2.45) is 0 Å². The molecule has 0 aromatic heterocycles. The van der Waals surface area contributed by atoms with Gasteiger partial charge in [0.05, 0.1) is 17.2 Å². The zero-order valence-corrected chi connectivity index (χ0v) is 28.6. The smallest absolute Gasteiger partial charge is 0.338 e. The van der Waals surface area contributed by atoms with Gasteiger partial charge in [0.1, 0.15) is 25.4 Å². The molecule has 0 radical (unpaired) electrons. The third kappa shape index (κ3) is 11.0. The first kappa shape index (κ1) is 38.9. The number of hydrogen-bond acceptors (Lipinski definition) is 16. The Labute approximate surface area is 293 Å². The van der Waals surface area contributed by atoms with Crippen LogP contribution in [-0.2, 0) is 66.5 Å². The van der Waals surface area contributed by atoms with Crippen LogP contribution in [0.2, 0.25) is 0 Å². The van der Waals surface area contributed by atoms with E-state index >= 15 is 0 Å². The predicted octanol–water partition coefficient (Wildman–Crippen LogP) is 2.30. The van der Waals surface area contributed by atoms with Crippen molar-refractivity contribution in [3.8, 4) is 0 Å². The molecule has 2 saturated heterocycles. The van der Waals surface area contributed by atoms with Crippen LogP contribution in [0.25, 0.3) is 0 Å². The van der Waals surface area contributed by atoms with Crippen molar-refractivity contribution in [2.45, 2.75) is 89.4 Å². The summed E-state index contributed by atoms with van der Waals surface area (Å²) in [5.41, 5.74) is 0.520. The molecule has 16 nitrogen and oxygen atoms in total. The molecule has 9 atom stereocenters. The van der Waals surface area contributed by atoms with Gasteiger partial charge < -0.3 is 47.4 Å². The lowest BCUT2D eigenvalue weighted by molar-refractivity contribution is -0.342. The van der Waals surface area contributed by atoms with Gasteiger partial charge in [-0.15, -0.1) is 0 Å². The first-order chi connectivity index (χ1) is 24.4. The Kier molecular flexibility index (Phi) is 14.0. The number of carbonyl (C=O) groups is 6. The van der Waals surface area contributed by atoms with Gasteiger partial charge in [-0.05, 0) is 24.3 Å². The fourth-order valence-corrected chi connectivity index (χ4v) is 5.51. The summed E-state index contributed by atoms with van der Waals surface area (Å²) in [7, 11) is 1.34. The number of ether oxygens (including phenoxy) is 10. The number of benzene rings is 2. The fourth-order valence-electron chi connectivity index (χ4n) is 5.51. The minimum Gasteiger partial charge on any atom is -0.463 e. The monoisotopic (exact) mass is 716 g/mol. The summed E-state index contributed by atoms with van der Waals surface area (Å²) in [4.78, 5) is 74.5. The van der Waals surface area contributed by atoms with Crippen LogP contribution >= 0.6 is 0 Å². The van der Waals surface area contributed by atoms with Crippen LogP contribution in [0.15, 0.2) is 60.7 Å². The van der Waals surface area contributed by atoms with Crippen molar-refractivity contribution in [1.82, 2.24) is 0 Å². The second kappa shape index (κ2) is 18.4. The maximum absolute atomic E-state index is 13.1. The molecule has 2 fully saturated rings. The van der Waals surface area contributed by atoms with E-state index in [0.717, 1.165) is 27.7 Å². The van der Waals surface area contributed by atoms with Crippen molar-refractivity contribution in [1.29, 1.82) is 0 Å². The Morgan fingerprint density at radius 2 is 1.08 bits per heavy atom. The molecular weight excluding hydrogens is 676 g/mol. The lowest BCUT2D eigenvalue weighted by atomic mass is 9.97. The number of rotatable bonds is 13. The second-order valence-corrected chi connectivity index (χ2v) is 11.5. The van der Waals surface area contributed by atoms with E-state index in [9.17, 15) is 28.8 Å². The molecule has 0 spiro atoms. The molecule has 2 aliphatic heterocycles. The molecule has 0 aliphatic carbocycles. The van der Waals surface area contributed by atoms with E-state index in [4.69, 9.17) is 47.4 Å². The van der Waals surface area contributed by atoms with Gasteiger partial charge in [0.2, 0.25) is 0 Å². The molecule has 0 unspecified atom stereocenters. The van der Waals surface area contributed by atoms with Crippen molar-refractivity contribution in [3.63, 3.8) is 0 Å². The van der Waals surface area contributed by atoms with Crippen molar-refractivity contribution in [3.05, 3.63) is 71.8 Å². The molecule has 0 bridgehead atoms. The van der Waals surface area contributed by atoms with Crippen LogP contribution in [0.4, 0.5) is 0 Å². The number of hydrogen-bond donors (Lipinski definition) is 0. The van der Waals surface area contributed by atoms with E-state index in [1.54, 1.807) is 60.7 Å². The molecule has 0 N–H and O–H groups in total. The van der Waals surface area contributed by atoms with Crippen molar-refractivity contribution < 1.29 is 76.1 Å². The quantitative estimate of drug-likeness (QED) is 0.216. The maximum Gasteiger partial charge on any atom is 0.338 e. The van der Waals surface area contributed by atoms with E-state index in [2.05, 4.69) is 0 Å². The molecule has 0 saturated carbocycles. The van der Waals surface area contributed by atoms with E-state index in [1.165, 1.54) is 7.11 Å². The van der Waals surface area contributed by atoms with Gasteiger partial charge in [0, 0.05) is 41.2 Å². The predicted molar refractivity (Wildman–Crippen MR) is 169 cm³/mol. The minimum absolute atomic E-state index is 0.127. The summed E-state index contributed by atoms with van der Waals surface area (Å²) in [6.45, 7) is 3.55. The molecule has 2 aliphatic rings. The Balaban J connectivity index is 1.68. The van der Waals surface area contributed by atoms with Gasteiger partial charge in [-0.2, -0.15) is 0 Å². The van der Waals surface area contributed by atoms with Crippen LogP contribution in [0.1, 0.15) is 54.8 Å². The maximum atomic E-state index is 13.1. The van der Waals surface area contributed by atoms with E-state index in [1.807, 2.05) is 0 Å². The number of carbonyl (C=O) groups excluding carboxylic acids is 6. The summed E-state index contributed by atoms with van der Waals surface area (Å²) < 4.78 is 57.0. The summed E-state index contributed by atoms with van der Waals surface area (Å²) in [6, 6.07) is 16.4. The number of esters is 6. The van der Waals surface area contributed by atoms with Gasteiger partial charge in [-0.3, -0.25) is 19.2 Å². The number of methoxy groups -OCH3 is 1. The van der Waals surface area contributed by atoms with Crippen LogP contribution in [0, 0.1) is 0 Å². The molecule has 0 amide bonds. The molecule has 2 aromatic rings. The SMILES string of the molecule is CO[C@H]1O[C@H](COC(=O)c2ccccc2)[C@@H](O[C@@H]2O[C@H](COC(C)=O)[C@H](OC(C)=O)[C@H](OC(C)=O)[C@H]2OC(C)=O)C[C@@H]1OC(=O)c1ccccc1. The zero-order valence-electron chi connectivity index (χ0n) is 28.6. The summed E-state index contributed by atoms with van der Waals surface area (Å²) in [5, 5.41) is 0. The molecule has 4 rings (SSSR count). The van der Waals surface area contributed by atoms with E-state index in [-0.39, 0.29) is 24.2 Å². The third-order valence-corrected chi connectivity index (χ3v) is 7.64. The zero-order chi connectivity index (χ0) is 37.1. The van der Waals surface area contributed by atoms with E-state index < -0.39 is 97.7 Å². The molecule has 276 valence electrons. The first-order valence-electron chi connectivity index (χ1n) is 16.0. The van der Waals surface area contributed by atoms with Crippen LogP contribution in [0.5, 0.6) is 0 Å². The highest BCUT2D eigenvalue weighted by Gasteiger charge is 2.54. The lowest BCUT2D eigenvalue weighted by Crippen LogP contribution is -2.64. The second-order valence-electron chi connectivity index (χ2n) is 11.5. The van der Waals surface area contributed by atoms with E-state index in [0.29, 0.717) is 0 Å². The normalized spacial score (nSPS) is 27.3. The van der Waals surface area contributed by atoms with Crippen LogP contribution in [-0.4, -0.2) is 111 Å². The molecular formula is C35H40O16. The highest BCUT2D eigenvalue weighted by Crippen LogP contribution is 2.34. The topological polar surface area (TPSA) is 195 Å². The summed E-state index contributed by atoms with van der Waals surface area (Å²) in [5.74, 6) is -4.52. The van der Waals surface area contributed by atoms with Crippen LogP contribution < -0.4 is 0 Å². The lowest BCUT2D eigenvalue weighted by Gasteiger charge is -2.46. The fraction of sp³-hybridized carbons (Fsp3) is 0.486. The first-order valence-corrected chi connectivity index (χ1v) is 16.0. The van der Waals surface area contributed by atoms with Crippen LogP contribution in [0.3, 0.4) is 0 Å². The average Bonchev–Trinajstić information content (AvgIpc) is 3.09. The Bertz CT molecular complexity index is 1510. The average molecular weight is 717 g/mol. The standard InChI is InChI=1S/C35H40O16/c1-19(36)43-18-28-29(45-20(2)37)30(46-21(3)38)31(47-22(4)39)35(51-28)49-25-16-26(48-33(41)24-14-10-7-11-15-24)34(42-5)50-27(25)17-44-32(40)23-12-8-6-9-13-23/h6-15,25-31,34-35H,16-18H2,1-5H3/t25-,26-,27+,28+,29-,30-,31+,34-,35+/m0/s1. The Hall–Kier alpha value is -4.90. The molecule has 2 heterocycles. The summed E-state index contributed by atoms with van der Waals surface area (Å²) in [6.07, 6.45) is -12.0. The summed E-state index contributed by atoms with van der Waals surface area (Å²) >= 11 is 0. The van der Waals surface area contributed by atoms with Gasteiger partial charge in [-0.1, -0.05) is 36.4 Å². The van der Waals surface area contributed by atoms with Crippen molar-refractivity contribution >= 4 is 35.8 Å². The highest BCUT2D eigenvalue weighted by atomic mass is 16.8. The Morgan fingerprint density at radius 3 is 1.63 bits per heavy atom. The molecule has 16 heteroatoms.